The van der Waals surface area contributed by atoms with Crippen molar-refractivity contribution in [3.8, 4) is 0 Å². The SMILES string of the molecule is Cc1ccc([Si](c2cc[c-]cc2)(c2ccccc2)c2ccccc2)cc1.[Y]. The summed E-state index contributed by atoms with van der Waals surface area (Å²) in [6.07, 6.45) is 0. The largest absolute Gasteiger partial charge is 0.184 e. The summed E-state index contributed by atoms with van der Waals surface area (Å²) in [5, 5.41) is 5.60. The first-order chi connectivity index (χ1) is 12.8. The van der Waals surface area contributed by atoms with Crippen molar-refractivity contribution in [1.82, 2.24) is 0 Å². The predicted octanol–water partition coefficient (Wildman–Crippen LogP) is 3.17. The molecule has 0 aliphatic carbocycles. The standard InChI is InChI=1S/C25H21Si.Y/c1-21-17-19-25(20-18-21)26(22-11-5-2-6-12-22,23-13-7-3-8-14-23)24-15-9-4-10-16-24;/h2-3,5-20H,1H3;/q-1;. The molecular weight excluding hydrogens is 417 g/mol. The summed E-state index contributed by atoms with van der Waals surface area (Å²) in [5.41, 5.74) is 1.29. The van der Waals surface area contributed by atoms with Gasteiger partial charge in [-0.05, 0) is 22.5 Å². The molecule has 27 heavy (non-hydrogen) atoms. The zero-order chi connectivity index (χ0) is 17.8. The summed E-state index contributed by atoms with van der Waals surface area (Å²) < 4.78 is 0. The summed E-state index contributed by atoms with van der Waals surface area (Å²) in [6.45, 7) is 2.15. The first-order valence-electron chi connectivity index (χ1n) is 8.96. The van der Waals surface area contributed by atoms with Crippen LogP contribution in [0.4, 0.5) is 0 Å². The fraction of sp³-hybridized carbons (Fsp3) is 0.0400. The molecule has 4 aromatic carbocycles. The maximum absolute atomic E-state index is 3.19. The van der Waals surface area contributed by atoms with E-state index in [-0.39, 0.29) is 32.7 Å². The molecule has 0 saturated carbocycles. The van der Waals surface area contributed by atoms with E-state index >= 15 is 0 Å². The Hall–Kier alpha value is -1.80. The molecule has 4 aromatic rings. The molecule has 0 aromatic heterocycles. The molecule has 0 spiro atoms. The van der Waals surface area contributed by atoms with Crippen LogP contribution in [0.5, 0.6) is 0 Å². The van der Waals surface area contributed by atoms with Crippen LogP contribution in [0.15, 0.2) is 109 Å². The van der Waals surface area contributed by atoms with Crippen LogP contribution < -0.4 is 20.7 Å². The topological polar surface area (TPSA) is 0 Å². The van der Waals surface area contributed by atoms with Crippen LogP contribution in [0.3, 0.4) is 0 Å². The van der Waals surface area contributed by atoms with Gasteiger partial charge in [0.05, 0.1) is 0 Å². The molecule has 0 unspecified atom stereocenters. The van der Waals surface area contributed by atoms with E-state index in [0.717, 1.165) is 0 Å². The Morgan fingerprint density at radius 3 is 1.41 bits per heavy atom. The minimum absolute atomic E-state index is 0. The average molecular weight is 438 g/mol. The van der Waals surface area contributed by atoms with Gasteiger partial charge in [-0.15, -0.1) is 0 Å². The summed E-state index contributed by atoms with van der Waals surface area (Å²) in [6, 6.07) is 42.8. The molecule has 0 saturated heterocycles. The van der Waals surface area contributed by atoms with Crippen LogP contribution >= 0.6 is 0 Å². The van der Waals surface area contributed by atoms with Crippen molar-refractivity contribution < 1.29 is 32.7 Å². The molecule has 4 rings (SSSR count). The quantitative estimate of drug-likeness (QED) is 0.261. The van der Waals surface area contributed by atoms with Crippen LogP contribution in [-0.4, -0.2) is 8.07 Å². The van der Waals surface area contributed by atoms with Gasteiger partial charge in [-0.1, -0.05) is 90.5 Å². The van der Waals surface area contributed by atoms with Crippen LogP contribution in [0.2, 0.25) is 0 Å². The summed E-state index contributed by atoms with van der Waals surface area (Å²) in [7, 11) is -2.34. The maximum Gasteiger partial charge on any atom is 0.155 e. The van der Waals surface area contributed by atoms with Gasteiger partial charge >= 0.3 is 0 Å². The van der Waals surface area contributed by atoms with Crippen LogP contribution in [0.1, 0.15) is 5.56 Å². The van der Waals surface area contributed by atoms with Gasteiger partial charge < -0.3 is 0 Å². The Bertz CT molecular complexity index is 868. The molecule has 0 amide bonds. The monoisotopic (exact) mass is 438 g/mol. The van der Waals surface area contributed by atoms with Gasteiger partial charge in [0.2, 0.25) is 0 Å². The molecule has 0 aliphatic heterocycles. The Labute approximate surface area is 188 Å². The van der Waals surface area contributed by atoms with Gasteiger partial charge in [0.1, 0.15) is 0 Å². The second kappa shape index (κ2) is 8.93. The van der Waals surface area contributed by atoms with Gasteiger partial charge in [-0.2, -0.15) is 35.5 Å². The number of hydrogen-bond acceptors (Lipinski definition) is 0. The van der Waals surface area contributed by atoms with Crippen molar-refractivity contribution in [3.63, 3.8) is 0 Å². The molecule has 0 aliphatic rings. The Balaban J connectivity index is 0.00000210. The molecule has 1 radical (unpaired) electrons. The van der Waals surface area contributed by atoms with Crippen molar-refractivity contribution in [2.45, 2.75) is 6.92 Å². The van der Waals surface area contributed by atoms with E-state index in [4.69, 9.17) is 0 Å². The predicted molar refractivity (Wildman–Crippen MR) is 114 cm³/mol. The third-order valence-electron chi connectivity index (χ3n) is 5.05. The summed E-state index contributed by atoms with van der Waals surface area (Å²) >= 11 is 0. The zero-order valence-corrected chi connectivity index (χ0v) is 19.3. The van der Waals surface area contributed by atoms with Crippen molar-refractivity contribution in [2.24, 2.45) is 0 Å². The first kappa shape index (κ1) is 19.9. The van der Waals surface area contributed by atoms with E-state index in [1.807, 2.05) is 12.1 Å². The fourth-order valence-electron chi connectivity index (χ4n) is 3.82. The number of aryl methyl sites for hydroxylation is 1. The minimum atomic E-state index is -2.34. The molecule has 0 nitrogen and oxygen atoms in total. The molecule has 0 fully saturated rings. The second-order valence-corrected chi connectivity index (χ2v) is 10.4. The smallest absolute Gasteiger partial charge is 0.155 e. The maximum atomic E-state index is 3.19. The Morgan fingerprint density at radius 2 is 0.926 bits per heavy atom. The molecule has 0 atom stereocenters. The Morgan fingerprint density at radius 1 is 0.519 bits per heavy atom. The minimum Gasteiger partial charge on any atom is -0.184 e. The fourth-order valence-corrected chi connectivity index (χ4v) is 8.53. The van der Waals surface area contributed by atoms with Crippen LogP contribution in [0, 0.1) is 13.0 Å². The van der Waals surface area contributed by atoms with Crippen LogP contribution in [0.25, 0.3) is 0 Å². The molecule has 0 N–H and O–H groups in total. The van der Waals surface area contributed by atoms with E-state index in [2.05, 4.69) is 110 Å². The van der Waals surface area contributed by atoms with Crippen molar-refractivity contribution >= 4 is 28.8 Å². The molecule has 0 bridgehead atoms. The van der Waals surface area contributed by atoms with Gasteiger partial charge in [0, 0.05) is 32.7 Å². The van der Waals surface area contributed by atoms with Crippen molar-refractivity contribution in [1.29, 1.82) is 0 Å². The van der Waals surface area contributed by atoms with Crippen molar-refractivity contribution in [2.75, 3.05) is 0 Å². The third kappa shape index (κ3) is 3.78. The second-order valence-electron chi connectivity index (χ2n) is 6.64. The average Bonchev–Trinajstić information content (AvgIpc) is 2.72. The number of rotatable bonds is 4. The van der Waals surface area contributed by atoms with E-state index in [0.29, 0.717) is 0 Å². The normalized spacial score (nSPS) is 10.9. The van der Waals surface area contributed by atoms with Gasteiger partial charge in [0.15, 0.2) is 8.07 Å². The Kier molecular flexibility index (Phi) is 6.60. The van der Waals surface area contributed by atoms with Gasteiger partial charge in [0.25, 0.3) is 0 Å². The van der Waals surface area contributed by atoms with Gasteiger partial charge in [-0.3, -0.25) is 0 Å². The molecular formula is C25H21SiY-. The molecule has 2 heteroatoms. The summed E-state index contributed by atoms with van der Waals surface area (Å²) in [5.74, 6) is 0. The number of hydrogen-bond donors (Lipinski definition) is 0. The van der Waals surface area contributed by atoms with E-state index in [9.17, 15) is 0 Å². The summed E-state index contributed by atoms with van der Waals surface area (Å²) in [4.78, 5) is 0. The third-order valence-corrected chi connectivity index (χ3v) is 9.85. The van der Waals surface area contributed by atoms with E-state index in [1.54, 1.807) is 0 Å². The van der Waals surface area contributed by atoms with E-state index in [1.165, 1.54) is 26.3 Å². The van der Waals surface area contributed by atoms with Crippen LogP contribution in [-0.2, 0) is 32.7 Å². The van der Waals surface area contributed by atoms with Crippen molar-refractivity contribution in [3.05, 3.63) is 121 Å². The zero-order valence-electron chi connectivity index (χ0n) is 15.5. The number of benzene rings is 4. The van der Waals surface area contributed by atoms with Gasteiger partial charge in [-0.25, -0.2) is 0 Å². The molecule has 129 valence electrons. The van der Waals surface area contributed by atoms with E-state index < -0.39 is 8.07 Å². The first-order valence-corrected chi connectivity index (χ1v) is 11.0. The molecule has 0 heterocycles.